The van der Waals surface area contributed by atoms with Gasteiger partial charge in [0.25, 0.3) is 0 Å². The van der Waals surface area contributed by atoms with E-state index < -0.39 is 8.69 Å². The van der Waals surface area contributed by atoms with Crippen molar-refractivity contribution in [2.24, 2.45) is 0 Å². The third kappa shape index (κ3) is 4.06. The molecule has 0 spiro atoms. The molecule has 0 atom stereocenters. The molecular formula is C26H29O2P. The SMILES string of the molecule is CC(C)(C)c1ccc(-c2cccc3c2-c2ccccc2-3)c(C(C)(C)C)c1.O=PO. The van der Waals surface area contributed by atoms with Gasteiger partial charge in [0, 0.05) is 0 Å². The average molecular weight is 404 g/mol. The first-order chi connectivity index (χ1) is 13.6. The quantitative estimate of drug-likeness (QED) is 0.329. The summed E-state index contributed by atoms with van der Waals surface area (Å²) in [5.41, 5.74) is 11.4. The van der Waals surface area contributed by atoms with Crippen LogP contribution in [0.5, 0.6) is 0 Å². The first-order valence-electron chi connectivity index (χ1n) is 9.94. The summed E-state index contributed by atoms with van der Waals surface area (Å²) in [6.07, 6.45) is 0. The van der Waals surface area contributed by atoms with Crippen LogP contribution in [-0.4, -0.2) is 4.89 Å². The highest BCUT2D eigenvalue weighted by Crippen LogP contribution is 2.52. The summed E-state index contributed by atoms with van der Waals surface area (Å²) in [6.45, 7) is 13.8. The van der Waals surface area contributed by atoms with E-state index in [1.807, 2.05) is 0 Å². The average Bonchev–Trinajstić information content (AvgIpc) is 2.64. The Labute approximate surface area is 175 Å². The van der Waals surface area contributed by atoms with Gasteiger partial charge < -0.3 is 4.89 Å². The fraction of sp³-hybridized carbons (Fsp3) is 0.308. The van der Waals surface area contributed by atoms with E-state index in [0.717, 1.165) is 0 Å². The fourth-order valence-corrected chi connectivity index (χ4v) is 4.03. The number of fused-ring (bicyclic) bond motifs is 4. The largest absolute Gasteiger partial charge is 0.324 e. The molecule has 0 unspecified atom stereocenters. The van der Waals surface area contributed by atoms with E-state index in [0.29, 0.717) is 0 Å². The van der Waals surface area contributed by atoms with Crippen LogP contribution in [0.3, 0.4) is 0 Å². The smallest absolute Gasteiger partial charge is 0.310 e. The molecule has 0 amide bonds. The van der Waals surface area contributed by atoms with Crippen LogP contribution in [0.2, 0.25) is 0 Å². The molecule has 1 aliphatic rings. The molecule has 3 heteroatoms. The zero-order chi connectivity index (χ0) is 21.4. The van der Waals surface area contributed by atoms with Gasteiger partial charge in [-0.3, -0.25) is 0 Å². The summed E-state index contributed by atoms with van der Waals surface area (Å²) in [5, 5.41) is 0. The normalized spacial score (nSPS) is 12.4. The Bertz CT molecular complexity index is 1050. The monoisotopic (exact) mass is 404 g/mol. The van der Waals surface area contributed by atoms with Gasteiger partial charge in [-0.15, -0.1) is 0 Å². The Hall–Kier alpha value is -2.28. The minimum atomic E-state index is -0.833. The van der Waals surface area contributed by atoms with Crippen molar-refractivity contribution < 1.29 is 9.46 Å². The lowest BCUT2D eigenvalue weighted by Crippen LogP contribution is -2.17. The minimum absolute atomic E-state index is 0.0998. The van der Waals surface area contributed by atoms with Crippen molar-refractivity contribution >= 4 is 8.69 Å². The molecule has 1 aliphatic carbocycles. The van der Waals surface area contributed by atoms with Crippen LogP contribution in [-0.2, 0) is 15.4 Å². The molecule has 1 N–H and O–H groups in total. The highest BCUT2D eigenvalue weighted by atomic mass is 31.1. The molecule has 0 fully saturated rings. The van der Waals surface area contributed by atoms with E-state index >= 15 is 0 Å². The zero-order valence-electron chi connectivity index (χ0n) is 18.1. The van der Waals surface area contributed by atoms with Crippen LogP contribution in [0, 0.1) is 0 Å². The van der Waals surface area contributed by atoms with Crippen molar-refractivity contribution in [3.63, 3.8) is 0 Å². The number of hydrogen-bond donors (Lipinski definition) is 1. The number of rotatable bonds is 1. The van der Waals surface area contributed by atoms with Crippen molar-refractivity contribution in [2.75, 3.05) is 0 Å². The highest BCUT2D eigenvalue weighted by molar-refractivity contribution is 7.16. The molecule has 3 aromatic carbocycles. The molecule has 150 valence electrons. The first kappa shape index (κ1) is 21.4. The molecule has 0 aliphatic heterocycles. The maximum atomic E-state index is 8.46. The van der Waals surface area contributed by atoms with Crippen molar-refractivity contribution in [1.29, 1.82) is 0 Å². The van der Waals surface area contributed by atoms with Crippen LogP contribution in [0.15, 0.2) is 60.7 Å². The van der Waals surface area contributed by atoms with Gasteiger partial charge >= 0.3 is 8.69 Å². The zero-order valence-corrected chi connectivity index (χ0v) is 19.0. The Morgan fingerprint density at radius 3 is 1.72 bits per heavy atom. The number of benzene rings is 3. The van der Waals surface area contributed by atoms with Crippen LogP contribution in [0.25, 0.3) is 33.4 Å². The van der Waals surface area contributed by atoms with Gasteiger partial charge in [0.1, 0.15) is 0 Å². The predicted octanol–water partition coefficient (Wildman–Crippen LogP) is 7.78. The lowest BCUT2D eigenvalue weighted by atomic mass is 9.72. The van der Waals surface area contributed by atoms with Crippen LogP contribution >= 0.6 is 8.69 Å². The summed E-state index contributed by atoms with van der Waals surface area (Å²) in [7, 11) is -0.833. The molecule has 0 bridgehead atoms. The third-order valence-corrected chi connectivity index (χ3v) is 5.53. The van der Waals surface area contributed by atoms with E-state index in [1.54, 1.807) is 0 Å². The first-order valence-corrected chi connectivity index (χ1v) is 10.7. The maximum absolute atomic E-state index is 8.46. The lowest BCUT2D eigenvalue weighted by Gasteiger charge is -2.31. The summed E-state index contributed by atoms with van der Waals surface area (Å²) in [4.78, 5) is 6.99. The molecule has 0 radical (unpaired) electrons. The Morgan fingerprint density at radius 2 is 1.17 bits per heavy atom. The van der Waals surface area contributed by atoms with Gasteiger partial charge in [0.2, 0.25) is 0 Å². The topological polar surface area (TPSA) is 37.3 Å². The second-order valence-corrected chi connectivity index (χ2v) is 9.78. The molecule has 2 nitrogen and oxygen atoms in total. The fourth-order valence-electron chi connectivity index (χ4n) is 4.03. The molecule has 0 saturated heterocycles. The van der Waals surface area contributed by atoms with E-state index in [1.165, 1.54) is 44.5 Å². The Balaban J connectivity index is 0.000000755. The van der Waals surface area contributed by atoms with Gasteiger partial charge in [0.05, 0.1) is 0 Å². The molecule has 0 aromatic heterocycles. The van der Waals surface area contributed by atoms with Crippen molar-refractivity contribution in [3.05, 3.63) is 71.8 Å². The summed E-state index contributed by atoms with van der Waals surface area (Å²) in [5.74, 6) is 0. The molecule has 0 heterocycles. The van der Waals surface area contributed by atoms with Gasteiger partial charge in [-0.05, 0) is 55.3 Å². The standard InChI is InChI=1S/C26H28.HO2P/c1-25(2,3)17-14-15-19(23(16-17)26(4,5)6)22-13-9-12-21-18-10-7-8-11-20(18)24(21)22;1-3-2/h7-16H,1-6H3;(H,1,2). The molecule has 29 heavy (non-hydrogen) atoms. The maximum Gasteiger partial charge on any atom is 0.324 e. The summed E-state index contributed by atoms with van der Waals surface area (Å²) < 4.78 is 8.46. The van der Waals surface area contributed by atoms with E-state index in [-0.39, 0.29) is 10.8 Å². The van der Waals surface area contributed by atoms with E-state index in [9.17, 15) is 0 Å². The van der Waals surface area contributed by atoms with E-state index in [4.69, 9.17) is 9.46 Å². The van der Waals surface area contributed by atoms with Gasteiger partial charge in [-0.25, -0.2) is 4.57 Å². The van der Waals surface area contributed by atoms with Crippen LogP contribution in [0.1, 0.15) is 52.7 Å². The predicted molar refractivity (Wildman–Crippen MR) is 124 cm³/mol. The van der Waals surface area contributed by atoms with Gasteiger partial charge in [-0.1, -0.05) is 102 Å². The summed E-state index contributed by atoms with van der Waals surface area (Å²) >= 11 is 0. The van der Waals surface area contributed by atoms with Crippen molar-refractivity contribution in [3.8, 4) is 33.4 Å². The minimum Gasteiger partial charge on any atom is -0.310 e. The van der Waals surface area contributed by atoms with Gasteiger partial charge in [-0.2, -0.15) is 0 Å². The van der Waals surface area contributed by atoms with Gasteiger partial charge in [0.15, 0.2) is 0 Å². The second-order valence-electron chi connectivity index (χ2n) is 9.62. The number of hydrogen-bond acceptors (Lipinski definition) is 1. The Kier molecular flexibility index (Phi) is 5.81. The molecule has 0 saturated carbocycles. The lowest BCUT2D eigenvalue weighted by molar-refractivity contribution is 0.524. The Morgan fingerprint density at radius 1 is 0.655 bits per heavy atom. The molecule has 4 rings (SSSR count). The van der Waals surface area contributed by atoms with E-state index in [2.05, 4.69) is 102 Å². The highest BCUT2D eigenvalue weighted by Gasteiger charge is 2.28. The van der Waals surface area contributed by atoms with Crippen LogP contribution in [0.4, 0.5) is 0 Å². The van der Waals surface area contributed by atoms with Crippen molar-refractivity contribution in [2.45, 2.75) is 52.4 Å². The second kappa shape index (κ2) is 7.86. The van der Waals surface area contributed by atoms with Crippen molar-refractivity contribution in [1.82, 2.24) is 0 Å². The molecular weight excluding hydrogens is 375 g/mol. The summed E-state index contributed by atoms with van der Waals surface area (Å²) in [6, 6.07) is 22.6. The molecule has 3 aromatic rings. The van der Waals surface area contributed by atoms with Crippen LogP contribution < -0.4 is 0 Å². The third-order valence-electron chi connectivity index (χ3n) is 5.53.